The first-order valence-electron chi connectivity index (χ1n) is 5.61. The highest BCUT2D eigenvalue weighted by atomic mass is 35.5. The molecule has 1 aliphatic heterocycles. The fourth-order valence-corrected chi connectivity index (χ4v) is 2.07. The fraction of sp³-hybridized carbons (Fsp3) is 0.500. The summed E-state index contributed by atoms with van der Waals surface area (Å²) in [5.74, 6) is 1.63. The van der Waals surface area contributed by atoms with Gasteiger partial charge in [0.2, 0.25) is 0 Å². The van der Waals surface area contributed by atoms with Gasteiger partial charge in [0, 0.05) is 50.1 Å². The summed E-state index contributed by atoms with van der Waals surface area (Å²) in [4.78, 5) is 2.28. The van der Waals surface area contributed by atoms with Crippen LogP contribution in [0.2, 0.25) is 0 Å². The van der Waals surface area contributed by atoms with Crippen molar-refractivity contribution in [3.63, 3.8) is 0 Å². The lowest BCUT2D eigenvalue weighted by Crippen LogP contribution is -2.42. The Hall–Kier alpha value is -1.13. The lowest BCUT2D eigenvalue weighted by Gasteiger charge is -2.32. The Bertz CT molecular complexity index is 357. The van der Waals surface area contributed by atoms with Gasteiger partial charge in [-0.25, -0.2) is 4.42 Å². The molecule has 17 heavy (non-hydrogen) atoms. The zero-order valence-electron chi connectivity index (χ0n) is 10.1. The Morgan fingerprint density at radius 2 is 1.47 bits per heavy atom. The average Bonchev–Trinajstić information content (AvgIpc) is 2.39. The molecule has 2 rings (SSSR count). The molecule has 0 atom stereocenters. The van der Waals surface area contributed by atoms with Crippen LogP contribution in [-0.4, -0.2) is 44.8 Å². The third kappa shape index (κ3) is 2.96. The van der Waals surface area contributed by atoms with Gasteiger partial charge in [-0.15, -0.1) is 0 Å². The zero-order chi connectivity index (χ0) is 12.3. The van der Waals surface area contributed by atoms with Gasteiger partial charge in [-0.1, -0.05) is 0 Å². The molecular formula is C12H17ClN2O2. The van der Waals surface area contributed by atoms with Crippen LogP contribution in [0.1, 0.15) is 0 Å². The predicted molar refractivity (Wildman–Crippen MR) is 69.2 cm³/mol. The van der Waals surface area contributed by atoms with Gasteiger partial charge in [0.05, 0.1) is 14.2 Å². The molecule has 0 radical (unpaired) electrons. The lowest BCUT2D eigenvalue weighted by atomic mass is 10.2. The minimum atomic E-state index is 0.813. The second kappa shape index (κ2) is 5.47. The van der Waals surface area contributed by atoms with E-state index in [1.54, 1.807) is 14.2 Å². The third-order valence-corrected chi connectivity index (χ3v) is 3.26. The first-order valence-corrected chi connectivity index (χ1v) is 5.95. The zero-order valence-corrected chi connectivity index (χ0v) is 10.9. The van der Waals surface area contributed by atoms with Crippen LogP contribution in [0.3, 0.4) is 0 Å². The molecule has 1 aromatic carbocycles. The summed E-state index contributed by atoms with van der Waals surface area (Å²) >= 11 is 5.94. The van der Waals surface area contributed by atoms with Gasteiger partial charge in [-0.2, -0.15) is 0 Å². The minimum Gasteiger partial charge on any atom is -0.497 e. The predicted octanol–water partition coefficient (Wildman–Crippen LogP) is 1.98. The molecule has 0 saturated carbocycles. The summed E-state index contributed by atoms with van der Waals surface area (Å²) in [7, 11) is 3.32. The van der Waals surface area contributed by atoms with Crippen LogP contribution in [-0.2, 0) is 0 Å². The number of nitrogens with zero attached hydrogens (tertiary/aromatic N) is 2. The quantitative estimate of drug-likeness (QED) is 0.772. The van der Waals surface area contributed by atoms with Crippen molar-refractivity contribution in [3.05, 3.63) is 18.2 Å². The molecule has 0 aliphatic carbocycles. The molecule has 0 bridgehead atoms. The van der Waals surface area contributed by atoms with Crippen molar-refractivity contribution < 1.29 is 9.47 Å². The van der Waals surface area contributed by atoms with E-state index in [0.717, 1.165) is 43.4 Å². The van der Waals surface area contributed by atoms with Crippen LogP contribution in [0, 0.1) is 0 Å². The molecule has 0 spiro atoms. The van der Waals surface area contributed by atoms with Gasteiger partial charge in [-0.3, -0.25) is 0 Å². The van der Waals surface area contributed by atoms with Gasteiger partial charge in [0.1, 0.15) is 11.5 Å². The number of hydrogen-bond acceptors (Lipinski definition) is 4. The van der Waals surface area contributed by atoms with Gasteiger partial charge in [0.15, 0.2) is 0 Å². The monoisotopic (exact) mass is 256 g/mol. The van der Waals surface area contributed by atoms with Crippen molar-refractivity contribution in [1.82, 2.24) is 4.42 Å². The summed E-state index contributed by atoms with van der Waals surface area (Å²) in [6.07, 6.45) is 0. The number of anilines is 1. The van der Waals surface area contributed by atoms with Crippen LogP contribution >= 0.6 is 11.8 Å². The fourth-order valence-electron chi connectivity index (χ4n) is 1.92. The van der Waals surface area contributed by atoms with E-state index in [4.69, 9.17) is 21.3 Å². The molecule has 0 N–H and O–H groups in total. The summed E-state index contributed by atoms with van der Waals surface area (Å²) in [5.41, 5.74) is 1.12. The number of rotatable bonds is 3. The molecule has 1 aliphatic rings. The van der Waals surface area contributed by atoms with Crippen molar-refractivity contribution in [2.75, 3.05) is 45.3 Å². The number of ether oxygens (including phenoxy) is 2. The number of methoxy groups -OCH3 is 2. The number of hydrogen-bond donors (Lipinski definition) is 0. The Morgan fingerprint density at radius 1 is 0.941 bits per heavy atom. The van der Waals surface area contributed by atoms with Crippen LogP contribution < -0.4 is 14.4 Å². The molecule has 0 aromatic heterocycles. The van der Waals surface area contributed by atoms with E-state index in [9.17, 15) is 0 Å². The molecule has 0 unspecified atom stereocenters. The van der Waals surface area contributed by atoms with Crippen molar-refractivity contribution in [3.8, 4) is 11.5 Å². The summed E-state index contributed by atoms with van der Waals surface area (Å²) in [6.45, 7) is 3.56. The Labute approximate surface area is 107 Å². The van der Waals surface area contributed by atoms with E-state index < -0.39 is 0 Å². The molecule has 1 saturated heterocycles. The maximum absolute atomic E-state index is 5.94. The summed E-state index contributed by atoms with van der Waals surface area (Å²) in [5, 5.41) is 0. The van der Waals surface area contributed by atoms with Crippen LogP contribution in [0.25, 0.3) is 0 Å². The largest absolute Gasteiger partial charge is 0.497 e. The van der Waals surface area contributed by atoms with E-state index >= 15 is 0 Å². The summed E-state index contributed by atoms with van der Waals surface area (Å²) in [6, 6.07) is 5.92. The van der Waals surface area contributed by atoms with Crippen LogP contribution in [0.15, 0.2) is 18.2 Å². The highest BCUT2D eigenvalue weighted by molar-refractivity contribution is 6.13. The van der Waals surface area contributed by atoms with Crippen LogP contribution in [0.4, 0.5) is 5.69 Å². The average molecular weight is 257 g/mol. The Morgan fingerprint density at radius 3 is 1.94 bits per heavy atom. The van der Waals surface area contributed by atoms with E-state index in [-0.39, 0.29) is 0 Å². The first-order chi connectivity index (χ1) is 8.22. The maximum atomic E-state index is 5.94. The first kappa shape index (κ1) is 12.3. The minimum absolute atomic E-state index is 0.813. The highest BCUT2D eigenvalue weighted by Crippen LogP contribution is 2.29. The number of halogens is 1. The van der Waals surface area contributed by atoms with Gasteiger partial charge in [-0.05, 0) is 11.8 Å². The smallest absolute Gasteiger partial charge is 0.124 e. The molecule has 1 fully saturated rings. The maximum Gasteiger partial charge on any atom is 0.124 e. The topological polar surface area (TPSA) is 24.9 Å². The lowest BCUT2D eigenvalue weighted by molar-refractivity contribution is 0.391. The number of benzene rings is 1. The summed E-state index contributed by atoms with van der Waals surface area (Å²) < 4.78 is 12.3. The van der Waals surface area contributed by atoms with E-state index in [0.29, 0.717) is 0 Å². The van der Waals surface area contributed by atoms with E-state index in [1.807, 2.05) is 22.6 Å². The van der Waals surface area contributed by atoms with Gasteiger partial charge < -0.3 is 14.4 Å². The molecule has 1 aromatic rings. The SMILES string of the molecule is COc1cc(OC)cc(N2CCN(Cl)CC2)c1. The molecule has 4 nitrogen and oxygen atoms in total. The van der Waals surface area contributed by atoms with Crippen molar-refractivity contribution in [2.45, 2.75) is 0 Å². The number of piperazine rings is 1. The third-order valence-electron chi connectivity index (χ3n) is 2.93. The standard InChI is InChI=1S/C12H17ClN2O2/c1-16-11-7-10(8-12(9-11)17-2)14-3-5-15(13)6-4-14/h7-9H,3-6H2,1-2H3. The normalized spacial score (nSPS) is 17.0. The Balaban J connectivity index is 2.19. The van der Waals surface area contributed by atoms with Crippen molar-refractivity contribution >= 4 is 17.5 Å². The van der Waals surface area contributed by atoms with Gasteiger partial charge >= 0.3 is 0 Å². The van der Waals surface area contributed by atoms with Crippen molar-refractivity contribution in [2.24, 2.45) is 0 Å². The molecule has 94 valence electrons. The Kier molecular flexibility index (Phi) is 3.97. The van der Waals surface area contributed by atoms with E-state index in [2.05, 4.69) is 4.90 Å². The highest BCUT2D eigenvalue weighted by Gasteiger charge is 2.16. The molecule has 0 amide bonds. The molecule has 1 heterocycles. The second-order valence-electron chi connectivity index (χ2n) is 3.97. The van der Waals surface area contributed by atoms with Crippen molar-refractivity contribution in [1.29, 1.82) is 0 Å². The molecule has 5 heteroatoms. The second-order valence-corrected chi connectivity index (χ2v) is 4.45. The van der Waals surface area contributed by atoms with E-state index in [1.165, 1.54) is 0 Å². The molecular weight excluding hydrogens is 240 g/mol. The van der Waals surface area contributed by atoms with Gasteiger partial charge in [0.25, 0.3) is 0 Å². The van der Waals surface area contributed by atoms with Crippen LogP contribution in [0.5, 0.6) is 11.5 Å².